The smallest absolute Gasteiger partial charge is 0.234 e. The molecule has 0 aromatic carbocycles. The lowest BCUT2D eigenvalue weighted by Crippen LogP contribution is -2.45. The van der Waals surface area contributed by atoms with Crippen molar-refractivity contribution in [2.45, 2.75) is 25.3 Å². The van der Waals surface area contributed by atoms with Crippen molar-refractivity contribution in [3.63, 3.8) is 0 Å². The molecule has 0 bridgehead atoms. The Morgan fingerprint density at radius 2 is 2.50 bits per heavy atom. The van der Waals surface area contributed by atoms with Gasteiger partial charge in [-0.1, -0.05) is 5.92 Å². The van der Waals surface area contributed by atoms with Crippen LogP contribution in [0.5, 0.6) is 0 Å². The zero-order valence-corrected chi connectivity index (χ0v) is 7.12. The second kappa shape index (κ2) is 4.13. The van der Waals surface area contributed by atoms with E-state index in [1.807, 2.05) is 0 Å². The van der Waals surface area contributed by atoms with Gasteiger partial charge in [-0.3, -0.25) is 4.79 Å². The van der Waals surface area contributed by atoms with Gasteiger partial charge in [0.1, 0.15) is 0 Å². The molecule has 1 fully saturated rings. The topological polar surface area (TPSA) is 46.3 Å². The normalized spacial score (nSPS) is 23.3. The van der Waals surface area contributed by atoms with Crippen molar-refractivity contribution in [2.75, 3.05) is 13.1 Å². The first-order valence-corrected chi connectivity index (χ1v) is 4.21. The first-order valence-electron chi connectivity index (χ1n) is 4.21. The van der Waals surface area contributed by atoms with Gasteiger partial charge >= 0.3 is 0 Å². The fourth-order valence-corrected chi connectivity index (χ4v) is 1.44. The highest BCUT2D eigenvalue weighted by molar-refractivity contribution is 5.78. The van der Waals surface area contributed by atoms with Gasteiger partial charge in [-0.15, -0.1) is 6.42 Å². The summed E-state index contributed by atoms with van der Waals surface area (Å²) in [7, 11) is 0. The average Bonchev–Trinajstić information content (AvgIpc) is 2.05. The van der Waals surface area contributed by atoms with Gasteiger partial charge in [-0.25, -0.2) is 0 Å². The number of rotatable bonds is 1. The summed E-state index contributed by atoms with van der Waals surface area (Å²) in [5.41, 5.74) is 5.71. The Morgan fingerprint density at radius 3 is 3.08 bits per heavy atom. The predicted octanol–water partition coefficient (Wildman–Crippen LogP) is -0.0406. The number of likely N-dealkylation sites (tertiary alicyclic amines) is 1. The minimum absolute atomic E-state index is 0.0349. The third-order valence-electron chi connectivity index (χ3n) is 2.06. The molecule has 12 heavy (non-hydrogen) atoms. The van der Waals surface area contributed by atoms with Crippen LogP contribution in [0.1, 0.15) is 19.3 Å². The van der Waals surface area contributed by atoms with Gasteiger partial charge in [-0.05, 0) is 12.8 Å². The molecule has 0 aromatic rings. The van der Waals surface area contributed by atoms with E-state index in [0.29, 0.717) is 6.54 Å². The molecule has 1 heterocycles. The third kappa shape index (κ3) is 2.24. The summed E-state index contributed by atoms with van der Waals surface area (Å²) in [4.78, 5) is 13.0. The van der Waals surface area contributed by atoms with Gasteiger partial charge in [0, 0.05) is 19.1 Å². The summed E-state index contributed by atoms with van der Waals surface area (Å²) in [5, 5.41) is 0. The molecule has 0 saturated carbocycles. The monoisotopic (exact) mass is 166 g/mol. The SMILES string of the molecule is C#CCC(=O)N1CCC[C@@H](N)C1. The number of hydrogen-bond acceptors (Lipinski definition) is 2. The highest BCUT2D eigenvalue weighted by Gasteiger charge is 2.19. The summed E-state index contributed by atoms with van der Waals surface area (Å²) in [6.07, 6.45) is 7.25. The van der Waals surface area contributed by atoms with Crippen molar-refractivity contribution in [3.8, 4) is 12.3 Å². The van der Waals surface area contributed by atoms with E-state index in [4.69, 9.17) is 12.2 Å². The van der Waals surface area contributed by atoms with Gasteiger partial charge < -0.3 is 10.6 Å². The molecule has 0 unspecified atom stereocenters. The quantitative estimate of drug-likeness (QED) is 0.555. The van der Waals surface area contributed by atoms with Gasteiger partial charge in [0.05, 0.1) is 6.42 Å². The molecule has 0 aliphatic carbocycles. The molecule has 0 spiro atoms. The Bertz CT molecular complexity index is 207. The zero-order valence-electron chi connectivity index (χ0n) is 7.12. The highest BCUT2D eigenvalue weighted by Crippen LogP contribution is 2.08. The second-order valence-electron chi connectivity index (χ2n) is 3.12. The van der Waals surface area contributed by atoms with Crippen LogP contribution in [-0.2, 0) is 4.79 Å². The molecule has 1 saturated heterocycles. The Balaban J connectivity index is 2.41. The lowest BCUT2D eigenvalue weighted by molar-refractivity contribution is -0.131. The molecule has 2 N–H and O–H groups in total. The van der Waals surface area contributed by atoms with Crippen LogP contribution in [0.3, 0.4) is 0 Å². The molecule has 66 valence electrons. The molecule has 1 aliphatic heterocycles. The maximum absolute atomic E-state index is 11.3. The van der Waals surface area contributed by atoms with Crippen LogP contribution < -0.4 is 5.73 Å². The lowest BCUT2D eigenvalue weighted by Gasteiger charge is -2.30. The second-order valence-corrected chi connectivity index (χ2v) is 3.12. The van der Waals surface area contributed by atoms with Crippen molar-refractivity contribution < 1.29 is 4.79 Å². The number of carbonyl (C=O) groups is 1. The number of carbonyl (C=O) groups excluding carboxylic acids is 1. The number of terminal acetylenes is 1. The Hall–Kier alpha value is -1.01. The fourth-order valence-electron chi connectivity index (χ4n) is 1.44. The molecule has 0 aromatic heterocycles. The lowest BCUT2D eigenvalue weighted by atomic mass is 10.1. The summed E-state index contributed by atoms with van der Waals surface area (Å²) in [6.45, 7) is 1.48. The molecule has 1 atom stereocenters. The van der Waals surface area contributed by atoms with Crippen LogP contribution in [0.25, 0.3) is 0 Å². The minimum Gasteiger partial charge on any atom is -0.340 e. The van der Waals surface area contributed by atoms with Crippen LogP contribution in [0.4, 0.5) is 0 Å². The summed E-state index contributed by atoms with van der Waals surface area (Å²) < 4.78 is 0. The zero-order chi connectivity index (χ0) is 8.97. The van der Waals surface area contributed by atoms with E-state index in [1.165, 1.54) is 0 Å². The van der Waals surface area contributed by atoms with E-state index in [2.05, 4.69) is 5.92 Å². The fraction of sp³-hybridized carbons (Fsp3) is 0.667. The van der Waals surface area contributed by atoms with Crippen molar-refractivity contribution in [1.29, 1.82) is 0 Å². The van der Waals surface area contributed by atoms with Crippen LogP contribution in [0.2, 0.25) is 0 Å². The molecule has 1 amide bonds. The summed E-state index contributed by atoms with van der Waals surface area (Å²) in [5.74, 6) is 2.38. The van der Waals surface area contributed by atoms with E-state index >= 15 is 0 Å². The van der Waals surface area contributed by atoms with Crippen molar-refractivity contribution in [2.24, 2.45) is 5.73 Å². The van der Waals surface area contributed by atoms with Gasteiger partial charge in [-0.2, -0.15) is 0 Å². The third-order valence-corrected chi connectivity index (χ3v) is 2.06. The maximum atomic E-state index is 11.3. The largest absolute Gasteiger partial charge is 0.340 e. The predicted molar refractivity (Wildman–Crippen MR) is 47.2 cm³/mol. The number of amides is 1. The van der Waals surface area contributed by atoms with Crippen molar-refractivity contribution in [1.82, 2.24) is 4.90 Å². The van der Waals surface area contributed by atoms with Crippen LogP contribution in [0.15, 0.2) is 0 Å². The van der Waals surface area contributed by atoms with Crippen LogP contribution >= 0.6 is 0 Å². The number of nitrogens with zero attached hydrogens (tertiary/aromatic N) is 1. The standard InChI is InChI=1S/C9H14N2O/c1-2-4-9(12)11-6-3-5-8(10)7-11/h1,8H,3-7,10H2/t8-/m1/s1. The molecule has 1 aliphatic rings. The number of hydrogen-bond donors (Lipinski definition) is 1. The Kier molecular flexibility index (Phi) is 3.12. The van der Waals surface area contributed by atoms with Crippen molar-refractivity contribution >= 4 is 5.91 Å². The molecular weight excluding hydrogens is 152 g/mol. The van der Waals surface area contributed by atoms with Gasteiger partial charge in [0.15, 0.2) is 0 Å². The van der Waals surface area contributed by atoms with Crippen LogP contribution in [-0.4, -0.2) is 29.9 Å². The Morgan fingerprint density at radius 1 is 1.75 bits per heavy atom. The molecule has 1 rings (SSSR count). The first-order chi connectivity index (χ1) is 5.74. The highest BCUT2D eigenvalue weighted by atomic mass is 16.2. The Labute approximate surface area is 72.9 Å². The van der Waals surface area contributed by atoms with Crippen LogP contribution in [0, 0.1) is 12.3 Å². The molecule has 3 heteroatoms. The van der Waals surface area contributed by atoms with Crippen molar-refractivity contribution in [3.05, 3.63) is 0 Å². The first kappa shape index (κ1) is 9.08. The van der Waals surface area contributed by atoms with Gasteiger partial charge in [0.25, 0.3) is 0 Å². The van der Waals surface area contributed by atoms with Gasteiger partial charge in [0.2, 0.25) is 5.91 Å². The number of piperidine rings is 1. The van der Waals surface area contributed by atoms with E-state index in [9.17, 15) is 4.79 Å². The average molecular weight is 166 g/mol. The van der Waals surface area contributed by atoms with E-state index in [0.717, 1.165) is 19.4 Å². The number of nitrogens with two attached hydrogens (primary N) is 1. The molecule has 0 radical (unpaired) electrons. The van der Waals surface area contributed by atoms with E-state index in [1.54, 1.807) is 4.90 Å². The minimum atomic E-state index is 0.0349. The van der Waals surface area contributed by atoms with E-state index in [-0.39, 0.29) is 18.4 Å². The summed E-state index contributed by atoms with van der Waals surface area (Å²) in [6, 6.07) is 0.139. The summed E-state index contributed by atoms with van der Waals surface area (Å²) >= 11 is 0. The molecule has 3 nitrogen and oxygen atoms in total. The van der Waals surface area contributed by atoms with E-state index < -0.39 is 0 Å². The maximum Gasteiger partial charge on any atom is 0.234 e. The molecular formula is C9H14N2O.